The summed E-state index contributed by atoms with van der Waals surface area (Å²) in [6, 6.07) is 1.28. The van der Waals surface area contributed by atoms with Crippen molar-refractivity contribution < 1.29 is 0 Å². The molecule has 92 valence electrons. The summed E-state index contributed by atoms with van der Waals surface area (Å²) in [5.41, 5.74) is 0. The fourth-order valence-electron chi connectivity index (χ4n) is 2.92. The third kappa shape index (κ3) is 2.53. The molecule has 2 aliphatic rings. The number of anilines is 1. The monoisotopic (exact) mass is 252 g/mol. The predicted octanol–water partition coefficient (Wildman–Crippen LogP) is 2.17. The van der Waals surface area contributed by atoms with E-state index in [4.69, 9.17) is 11.6 Å². The molecule has 3 rings (SSSR count). The maximum Gasteiger partial charge on any atom is 0.222 e. The Morgan fingerprint density at radius 1 is 1.24 bits per heavy atom. The molecule has 2 atom stereocenters. The van der Waals surface area contributed by atoms with Crippen LogP contribution >= 0.6 is 11.6 Å². The maximum absolute atomic E-state index is 5.77. The van der Waals surface area contributed by atoms with Crippen molar-refractivity contribution in [2.24, 2.45) is 0 Å². The summed E-state index contributed by atoms with van der Waals surface area (Å²) in [7, 11) is 0. The van der Waals surface area contributed by atoms with Crippen molar-refractivity contribution in [2.45, 2.75) is 37.8 Å². The minimum atomic E-state index is 0.510. The first-order valence-electron chi connectivity index (χ1n) is 6.29. The normalized spacial score (nSPS) is 29.0. The first-order chi connectivity index (χ1) is 8.31. The van der Waals surface area contributed by atoms with Crippen molar-refractivity contribution in [3.63, 3.8) is 0 Å². The first kappa shape index (κ1) is 11.2. The van der Waals surface area contributed by atoms with Gasteiger partial charge < -0.3 is 10.2 Å². The molecule has 0 aliphatic carbocycles. The van der Waals surface area contributed by atoms with Crippen LogP contribution in [0.4, 0.5) is 5.95 Å². The summed E-state index contributed by atoms with van der Waals surface area (Å²) in [5.74, 6) is 0.700. The van der Waals surface area contributed by atoms with Crippen molar-refractivity contribution in [2.75, 3.05) is 18.4 Å². The second-order valence-electron chi connectivity index (χ2n) is 4.92. The molecular formula is C12H17ClN4. The molecule has 0 radical (unpaired) electrons. The standard InChI is InChI=1S/C12H17ClN4/c13-9-7-14-12(15-8-9)16-10-3-5-17-4-1-2-11(17)6-10/h7-8,10-11H,1-6H2,(H,14,15,16)/t10-,11-/m0/s1. The van der Waals surface area contributed by atoms with E-state index in [0.717, 1.165) is 6.04 Å². The number of rotatable bonds is 2. The van der Waals surface area contributed by atoms with Gasteiger partial charge in [0.05, 0.1) is 17.4 Å². The van der Waals surface area contributed by atoms with Gasteiger partial charge in [0.2, 0.25) is 5.95 Å². The number of hydrogen-bond acceptors (Lipinski definition) is 4. The van der Waals surface area contributed by atoms with Gasteiger partial charge in [-0.25, -0.2) is 9.97 Å². The second kappa shape index (κ2) is 4.78. The fourth-order valence-corrected chi connectivity index (χ4v) is 3.02. The van der Waals surface area contributed by atoms with E-state index in [9.17, 15) is 0 Å². The predicted molar refractivity (Wildman–Crippen MR) is 68.3 cm³/mol. The smallest absolute Gasteiger partial charge is 0.222 e. The highest BCUT2D eigenvalue weighted by atomic mass is 35.5. The van der Waals surface area contributed by atoms with Crippen LogP contribution in [-0.4, -0.2) is 40.0 Å². The molecule has 0 saturated carbocycles. The van der Waals surface area contributed by atoms with E-state index in [1.807, 2.05) is 0 Å². The minimum Gasteiger partial charge on any atom is -0.351 e. The lowest BCUT2D eigenvalue weighted by Crippen LogP contribution is -2.42. The summed E-state index contributed by atoms with van der Waals surface area (Å²) in [5, 5.41) is 4.00. The Bertz CT molecular complexity index is 381. The minimum absolute atomic E-state index is 0.510. The van der Waals surface area contributed by atoms with Gasteiger partial charge in [0.25, 0.3) is 0 Å². The lowest BCUT2D eigenvalue weighted by Gasteiger charge is -2.35. The van der Waals surface area contributed by atoms with E-state index >= 15 is 0 Å². The van der Waals surface area contributed by atoms with Crippen LogP contribution in [0.5, 0.6) is 0 Å². The number of nitrogens with zero attached hydrogens (tertiary/aromatic N) is 3. The Morgan fingerprint density at radius 3 is 2.88 bits per heavy atom. The van der Waals surface area contributed by atoms with Gasteiger partial charge >= 0.3 is 0 Å². The summed E-state index contributed by atoms with van der Waals surface area (Å²) >= 11 is 5.77. The zero-order valence-electron chi connectivity index (χ0n) is 9.77. The summed E-state index contributed by atoms with van der Waals surface area (Å²) in [6.45, 7) is 2.49. The largest absolute Gasteiger partial charge is 0.351 e. The fraction of sp³-hybridized carbons (Fsp3) is 0.667. The van der Waals surface area contributed by atoms with E-state index in [2.05, 4.69) is 20.2 Å². The second-order valence-corrected chi connectivity index (χ2v) is 5.36. The lowest BCUT2D eigenvalue weighted by atomic mass is 9.98. The number of piperidine rings is 1. The summed E-state index contributed by atoms with van der Waals surface area (Å²) in [4.78, 5) is 11.0. The molecule has 17 heavy (non-hydrogen) atoms. The number of nitrogens with one attached hydrogen (secondary N) is 1. The van der Waals surface area contributed by atoms with Crippen LogP contribution in [0.2, 0.25) is 5.02 Å². The van der Waals surface area contributed by atoms with Crippen LogP contribution in [0.1, 0.15) is 25.7 Å². The number of halogens is 1. The van der Waals surface area contributed by atoms with Crippen LogP contribution in [0.25, 0.3) is 0 Å². The molecule has 1 aromatic heterocycles. The molecule has 2 fully saturated rings. The molecule has 1 N–H and O–H groups in total. The number of aromatic nitrogens is 2. The van der Waals surface area contributed by atoms with Gasteiger partial charge in [-0.05, 0) is 32.2 Å². The quantitative estimate of drug-likeness (QED) is 0.876. The highest BCUT2D eigenvalue weighted by Crippen LogP contribution is 2.27. The van der Waals surface area contributed by atoms with E-state index in [-0.39, 0.29) is 0 Å². The van der Waals surface area contributed by atoms with Crippen molar-refractivity contribution in [1.29, 1.82) is 0 Å². The van der Waals surface area contributed by atoms with Gasteiger partial charge in [-0.2, -0.15) is 0 Å². The molecule has 0 aromatic carbocycles. The van der Waals surface area contributed by atoms with E-state index < -0.39 is 0 Å². The third-order valence-electron chi connectivity index (χ3n) is 3.77. The Labute approximate surface area is 106 Å². The van der Waals surface area contributed by atoms with Crippen LogP contribution in [-0.2, 0) is 0 Å². The number of hydrogen-bond donors (Lipinski definition) is 1. The molecule has 2 saturated heterocycles. The van der Waals surface area contributed by atoms with Gasteiger partial charge in [-0.15, -0.1) is 0 Å². The molecule has 0 unspecified atom stereocenters. The van der Waals surface area contributed by atoms with Crippen molar-refractivity contribution in [3.05, 3.63) is 17.4 Å². The van der Waals surface area contributed by atoms with Crippen LogP contribution < -0.4 is 5.32 Å². The highest BCUT2D eigenvalue weighted by molar-refractivity contribution is 6.30. The summed E-state index contributed by atoms with van der Waals surface area (Å²) < 4.78 is 0. The molecule has 0 bridgehead atoms. The van der Waals surface area contributed by atoms with Gasteiger partial charge in [0.15, 0.2) is 0 Å². The molecule has 1 aromatic rings. The molecule has 4 nitrogen and oxygen atoms in total. The maximum atomic E-state index is 5.77. The molecule has 5 heteroatoms. The number of fused-ring (bicyclic) bond motifs is 1. The van der Waals surface area contributed by atoms with Crippen LogP contribution in [0.15, 0.2) is 12.4 Å². The molecule has 2 aliphatic heterocycles. The van der Waals surface area contributed by atoms with Crippen LogP contribution in [0, 0.1) is 0 Å². The lowest BCUT2D eigenvalue weighted by molar-refractivity contribution is 0.188. The van der Waals surface area contributed by atoms with Gasteiger partial charge in [0.1, 0.15) is 0 Å². The third-order valence-corrected chi connectivity index (χ3v) is 3.97. The molecular weight excluding hydrogens is 236 g/mol. The topological polar surface area (TPSA) is 41.1 Å². The SMILES string of the molecule is Clc1cnc(N[C@H]2CCN3CCC[C@H]3C2)nc1. The highest BCUT2D eigenvalue weighted by Gasteiger charge is 2.31. The van der Waals surface area contributed by atoms with Gasteiger partial charge in [-0.1, -0.05) is 11.6 Å². The van der Waals surface area contributed by atoms with Gasteiger partial charge in [0, 0.05) is 18.6 Å². The zero-order chi connectivity index (χ0) is 11.7. The first-order valence-corrected chi connectivity index (χ1v) is 6.67. The van der Waals surface area contributed by atoms with Crippen molar-refractivity contribution >= 4 is 17.5 Å². The van der Waals surface area contributed by atoms with Crippen molar-refractivity contribution in [1.82, 2.24) is 14.9 Å². The van der Waals surface area contributed by atoms with E-state index in [1.165, 1.54) is 38.8 Å². The van der Waals surface area contributed by atoms with E-state index in [1.54, 1.807) is 12.4 Å². The average Bonchev–Trinajstić information content (AvgIpc) is 2.79. The molecule has 3 heterocycles. The van der Waals surface area contributed by atoms with Crippen LogP contribution in [0.3, 0.4) is 0 Å². The zero-order valence-corrected chi connectivity index (χ0v) is 10.5. The Kier molecular flexibility index (Phi) is 3.16. The molecule has 0 amide bonds. The average molecular weight is 253 g/mol. The van der Waals surface area contributed by atoms with Gasteiger partial charge in [-0.3, -0.25) is 0 Å². The Balaban J connectivity index is 1.60. The van der Waals surface area contributed by atoms with E-state index in [0.29, 0.717) is 17.0 Å². The molecule has 0 spiro atoms. The Hall–Kier alpha value is -0.870. The summed E-state index contributed by atoms with van der Waals surface area (Å²) in [6.07, 6.45) is 8.38. The Morgan fingerprint density at radius 2 is 2.06 bits per heavy atom. The van der Waals surface area contributed by atoms with Crippen molar-refractivity contribution in [3.8, 4) is 0 Å².